The summed E-state index contributed by atoms with van der Waals surface area (Å²) in [4.78, 5) is 8.30. The third kappa shape index (κ3) is 4.60. The monoisotopic (exact) mass is 210 g/mol. The molecule has 0 saturated heterocycles. The maximum atomic E-state index is 5.37. The molecule has 5 nitrogen and oxygen atoms in total. The Morgan fingerprint density at radius 1 is 1.33 bits per heavy atom. The van der Waals surface area contributed by atoms with Crippen LogP contribution < -0.4 is 15.4 Å². The normalized spacial score (nSPS) is 10.0. The smallest absolute Gasteiger partial charge is 0.234 e. The van der Waals surface area contributed by atoms with Gasteiger partial charge in [0.25, 0.3) is 0 Å². The minimum atomic E-state index is 0.575. The number of nitrogens with one attached hydrogen (secondary N) is 2. The maximum absolute atomic E-state index is 5.37. The largest absolute Gasteiger partial charge is 0.477 e. The number of rotatable bonds is 7. The average Bonchev–Trinajstić information content (AvgIpc) is 2.27. The molecule has 0 unspecified atom stereocenters. The van der Waals surface area contributed by atoms with Gasteiger partial charge in [0.2, 0.25) is 5.88 Å². The molecule has 0 radical (unpaired) electrons. The average molecular weight is 210 g/mol. The van der Waals surface area contributed by atoms with Crippen LogP contribution in [-0.2, 0) is 0 Å². The van der Waals surface area contributed by atoms with Gasteiger partial charge in [-0.2, -0.15) is 4.98 Å². The Hall–Kier alpha value is -1.36. The van der Waals surface area contributed by atoms with Gasteiger partial charge in [0, 0.05) is 13.1 Å². The summed E-state index contributed by atoms with van der Waals surface area (Å²) in [6.07, 6.45) is 4.28. The fraction of sp³-hybridized carbons (Fsp3) is 0.600. The number of hydrogen-bond donors (Lipinski definition) is 2. The van der Waals surface area contributed by atoms with Gasteiger partial charge in [0.15, 0.2) is 0 Å². The molecule has 0 saturated carbocycles. The fourth-order valence-electron chi connectivity index (χ4n) is 1.02. The van der Waals surface area contributed by atoms with Gasteiger partial charge in [-0.1, -0.05) is 6.92 Å². The summed E-state index contributed by atoms with van der Waals surface area (Å²) in [5.74, 6) is 1.32. The van der Waals surface area contributed by atoms with E-state index in [4.69, 9.17) is 4.74 Å². The lowest BCUT2D eigenvalue weighted by molar-refractivity contribution is 0.304. The van der Waals surface area contributed by atoms with Gasteiger partial charge >= 0.3 is 0 Å². The van der Waals surface area contributed by atoms with Crippen LogP contribution >= 0.6 is 0 Å². The van der Waals surface area contributed by atoms with E-state index >= 15 is 0 Å². The first-order valence-corrected chi connectivity index (χ1v) is 5.20. The highest BCUT2D eigenvalue weighted by molar-refractivity contribution is 5.33. The van der Waals surface area contributed by atoms with Crippen LogP contribution in [0, 0.1) is 0 Å². The van der Waals surface area contributed by atoms with Crippen LogP contribution in [0.4, 0.5) is 5.82 Å². The van der Waals surface area contributed by atoms with E-state index in [0.29, 0.717) is 12.5 Å². The van der Waals surface area contributed by atoms with E-state index in [0.717, 1.165) is 25.3 Å². The summed E-state index contributed by atoms with van der Waals surface area (Å²) in [6, 6.07) is 0. The lowest BCUT2D eigenvalue weighted by atomic mass is 10.5. The number of hydrogen-bond acceptors (Lipinski definition) is 5. The second-order valence-electron chi connectivity index (χ2n) is 3.12. The van der Waals surface area contributed by atoms with Crippen molar-refractivity contribution in [2.45, 2.75) is 13.3 Å². The second kappa shape index (κ2) is 7.00. The quantitative estimate of drug-likeness (QED) is 0.655. The standard InChI is InChI=1S/C10H18N4O/c1-3-6-15-10-8-12-7-9(14-10)13-5-4-11-2/h7-8,11H,3-6H2,1-2H3,(H,13,14). The Bertz CT molecular complexity index is 280. The minimum absolute atomic E-state index is 0.575. The van der Waals surface area contributed by atoms with Crippen molar-refractivity contribution in [3.05, 3.63) is 12.4 Å². The summed E-state index contributed by atoms with van der Waals surface area (Å²) in [5.41, 5.74) is 0. The van der Waals surface area contributed by atoms with Crippen molar-refractivity contribution >= 4 is 5.82 Å². The van der Waals surface area contributed by atoms with E-state index in [-0.39, 0.29) is 0 Å². The summed E-state index contributed by atoms with van der Waals surface area (Å²) >= 11 is 0. The third-order valence-electron chi connectivity index (χ3n) is 1.75. The van der Waals surface area contributed by atoms with Crippen molar-refractivity contribution < 1.29 is 4.74 Å². The molecule has 0 bridgehead atoms. The molecular weight excluding hydrogens is 192 g/mol. The summed E-state index contributed by atoms with van der Waals surface area (Å²) in [5, 5.41) is 6.19. The highest BCUT2D eigenvalue weighted by atomic mass is 16.5. The highest BCUT2D eigenvalue weighted by Crippen LogP contribution is 2.08. The molecule has 1 aromatic rings. The van der Waals surface area contributed by atoms with Crippen LogP contribution in [-0.4, -0.2) is 36.7 Å². The zero-order valence-electron chi connectivity index (χ0n) is 9.29. The minimum Gasteiger partial charge on any atom is -0.477 e. The molecule has 0 aliphatic heterocycles. The molecule has 15 heavy (non-hydrogen) atoms. The Kier molecular flexibility index (Phi) is 5.47. The maximum Gasteiger partial charge on any atom is 0.234 e. The van der Waals surface area contributed by atoms with Crippen molar-refractivity contribution in [1.29, 1.82) is 0 Å². The molecule has 84 valence electrons. The van der Waals surface area contributed by atoms with Crippen molar-refractivity contribution in [2.75, 3.05) is 32.1 Å². The fourth-order valence-corrected chi connectivity index (χ4v) is 1.02. The second-order valence-corrected chi connectivity index (χ2v) is 3.12. The predicted molar refractivity (Wildman–Crippen MR) is 60.2 cm³/mol. The summed E-state index contributed by atoms with van der Waals surface area (Å²) in [7, 11) is 1.91. The number of likely N-dealkylation sites (N-methyl/N-ethyl adjacent to an activating group) is 1. The van der Waals surface area contributed by atoms with Gasteiger partial charge in [0.1, 0.15) is 5.82 Å². The molecule has 1 rings (SSSR count). The topological polar surface area (TPSA) is 59.1 Å². The predicted octanol–water partition coefficient (Wildman–Crippen LogP) is 0.897. The van der Waals surface area contributed by atoms with E-state index in [1.165, 1.54) is 0 Å². The lowest BCUT2D eigenvalue weighted by Gasteiger charge is -2.07. The Balaban J connectivity index is 2.42. The number of aromatic nitrogens is 2. The van der Waals surface area contributed by atoms with Crippen molar-refractivity contribution in [1.82, 2.24) is 15.3 Å². The molecule has 5 heteroatoms. The number of ether oxygens (including phenoxy) is 1. The molecular formula is C10H18N4O. The zero-order valence-corrected chi connectivity index (χ0v) is 9.29. The van der Waals surface area contributed by atoms with E-state index in [1.54, 1.807) is 12.4 Å². The molecule has 0 spiro atoms. The first kappa shape index (κ1) is 11.7. The van der Waals surface area contributed by atoms with E-state index in [9.17, 15) is 0 Å². The molecule has 0 atom stereocenters. The number of nitrogens with zero attached hydrogens (tertiary/aromatic N) is 2. The van der Waals surface area contributed by atoms with E-state index in [1.807, 2.05) is 7.05 Å². The van der Waals surface area contributed by atoms with Crippen LogP contribution in [0.5, 0.6) is 5.88 Å². The van der Waals surface area contributed by atoms with Crippen molar-refractivity contribution in [2.24, 2.45) is 0 Å². The molecule has 2 N–H and O–H groups in total. The van der Waals surface area contributed by atoms with E-state index in [2.05, 4.69) is 27.5 Å². The van der Waals surface area contributed by atoms with Gasteiger partial charge < -0.3 is 15.4 Å². The third-order valence-corrected chi connectivity index (χ3v) is 1.75. The van der Waals surface area contributed by atoms with Gasteiger partial charge in [-0.15, -0.1) is 0 Å². The molecule has 0 aliphatic rings. The number of anilines is 1. The Labute approximate surface area is 90.3 Å². The Morgan fingerprint density at radius 2 is 2.20 bits per heavy atom. The van der Waals surface area contributed by atoms with Crippen molar-refractivity contribution in [3.8, 4) is 5.88 Å². The van der Waals surface area contributed by atoms with Gasteiger partial charge in [-0.05, 0) is 13.5 Å². The van der Waals surface area contributed by atoms with Crippen LogP contribution in [0.3, 0.4) is 0 Å². The first-order chi connectivity index (χ1) is 7.36. The van der Waals surface area contributed by atoms with Gasteiger partial charge in [0.05, 0.1) is 19.0 Å². The Morgan fingerprint density at radius 3 is 2.93 bits per heavy atom. The molecule has 1 aromatic heterocycles. The molecule has 0 amide bonds. The van der Waals surface area contributed by atoms with Crippen LogP contribution in [0.25, 0.3) is 0 Å². The molecule has 0 aromatic carbocycles. The van der Waals surface area contributed by atoms with Crippen molar-refractivity contribution in [3.63, 3.8) is 0 Å². The van der Waals surface area contributed by atoms with E-state index < -0.39 is 0 Å². The molecule has 0 aliphatic carbocycles. The van der Waals surface area contributed by atoms with Crippen LogP contribution in [0.15, 0.2) is 12.4 Å². The van der Waals surface area contributed by atoms with Gasteiger partial charge in [-0.3, -0.25) is 4.98 Å². The van der Waals surface area contributed by atoms with Gasteiger partial charge in [-0.25, -0.2) is 0 Å². The SMILES string of the molecule is CCCOc1cncc(NCCNC)n1. The first-order valence-electron chi connectivity index (χ1n) is 5.20. The lowest BCUT2D eigenvalue weighted by Crippen LogP contribution is -2.18. The highest BCUT2D eigenvalue weighted by Gasteiger charge is 1.98. The molecule has 0 fully saturated rings. The van der Waals surface area contributed by atoms with Crippen LogP contribution in [0.2, 0.25) is 0 Å². The zero-order chi connectivity index (χ0) is 10.9. The molecule has 1 heterocycles. The van der Waals surface area contributed by atoms with Crippen LogP contribution in [0.1, 0.15) is 13.3 Å². The summed E-state index contributed by atoms with van der Waals surface area (Å²) < 4.78 is 5.37. The summed E-state index contributed by atoms with van der Waals surface area (Å²) in [6.45, 7) is 4.45.